The molecule has 0 aromatic heterocycles. The molecule has 2 unspecified atom stereocenters. The molecular formula is C20H29N3O3. The Kier molecular flexibility index (Phi) is 5.51. The van der Waals surface area contributed by atoms with Gasteiger partial charge >= 0.3 is 0 Å². The first-order valence-corrected chi connectivity index (χ1v) is 9.54. The third-order valence-corrected chi connectivity index (χ3v) is 5.86. The normalized spacial score (nSPS) is 27.2. The van der Waals surface area contributed by atoms with Crippen LogP contribution in [0.5, 0.6) is 5.75 Å². The number of nitrogens with two attached hydrogens (primary N) is 1. The largest absolute Gasteiger partial charge is 0.508 e. The highest BCUT2D eigenvalue weighted by molar-refractivity contribution is 5.92. The molecule has 26 heavy (non-hydrogen) atoms. The standard InChI is InChI=1S/C20H29N3O3/c1-20(21)11-3-2-4-17(20)19(26)23-12-9-14(10-13-23)18(25)22-15-5-7-16(24)8-6-15/h5-8,14,17,24H,2-4,9-13,21H2,1H3,(H,22,25). The van der Waals surface area contributed by atoms with Crippen LogP contribution in [-0.2, 0) is 9.59 Å². The lowest BCUT2D eigenvalue weighted by atomic mass is 9.73. The molecule has 1 heterocycles. The van der Waals surface area contributed by atoms with E-state index >= 15 is 0 Å². The van der Waals surface area contributed by atoms with Crippen molar-refractivity contribution in [2.45, 2.75) is 51.0 Å². The molecule has 2 fully saturated rings. The van der Waals surface area contributed by atoms with Gasteiger partial charge in [0, 0.05) is 30.2 Å². The molecule has 1 aliphatic heterocycles. The Morgan fingerprint density at radius 1 is 1.15 bits per heavy atom. The zero-order chi connectivity index (χ0) is 18.7. The van der Waals surface area contributed by atoms with Crippen LogP contribution in [0, 0.1) is 11.8 Å². The zero-order valence-electron chi connectivity index (χ0n) is 15.4. The summed E-state index contributed by atoms with van der Waals surface area (Å²) in [7, 11) is 0. The van der Waals surface area contributed by atoms with E-state index in [4.69, 9.17) is 5.73 Å². The Bertz CT molecular complexity index is 649. The van der Waals surface area contributed by atoms with Crippen molar-refractivity contribution in [3.8, 4) is 5.75 Å². The highest BCUT2D eigenvalue weighted by atomic mass is 16.3. The molecule has 1 aliphatic carbocycles. The number of phenols is 1. The number of hydrogen-bond acceptors (Lipinski definition) is 4. The van der Waals surface area contributed by atoms with E-state index in [-0.39, 0.29) is 29.4 Å². The van der Waals surface area contributed by atoms with E-state index in [1.807, 2.05) is 11.8 Å². The Balaban J connectivity index is 1.52. The lowest BCUT2D eigenvalue weighted by Crippen LogP contribution is -2.55. The second-order valence-corrected chi connectivity index (χ2v) is 7.94. The number of amides is 2. The number of anilines is 1. The van der Waals surface area contributed by atoms with Crippen molar-refractivity contribution in [3.05, 3.63) is 24.3 Å². The molecule has 1 saturated carbocycles. The van der Waals surface area contributed by atoms with Crippen LogP contribution in [0.25, 0.3) is 0 Å². The number of phenolic OH excluding ortho intramolecular Hbond substituents is 1. The van der Waals surface area contributed by atoms with Gasteiger partial charge in [-0.25, -0.2) is 0 Å². The van der Waals surface area contributed by atoms with Gasteiger partial charge in [-0.1, -0.05) is 12.8 Å². The van der Waals surface area contributed by atoms with E-state index in [1.54, 1.807) is 24.3 Å². The van der Waals surface area contributed by atoms with E-state index in [0.717, 1.165) is 25.7 Å². The summed E-state index contributed by atoms with van der Waals surface area (Å²) < 4.78 is 0. The molecule has 6 heteroatoms. The number of likely N-dealkylation sites (tertiary alicyclic amines) is 1. The zero-order valence-corrected chi connectivity index (χ0v) is 15.4. The van der Waals surface area contributed by atoms with Gasteiger partial charge in [0.1, 0.15) is 5.75 Å². The van der Waals surface area contributed by atoms with Crippen LogP contribution in [-0.4, -0.2) is 40.4 Å². The Labute approximate surface area is 154 Å². The van der Waals surface area contributed by atoms with Gasteiger partial charge in [0.2, 0.25) is 11.8 Å². The predicted molar refractivity (Wildman–Crippen MR) is 101 cm³/mol. The Morgan fingerprint density at radius 3 is 2.42 bits per heavy atom. The lowest BCUT2D eigenvalue weighted by molar-refractivity contribution is -0.141. The van der Waals surface area contributed by atoms with E-state index in [2.05, 4.69) is 5.32 Å². The molecule has 0 spiro atoms. The van der Waals surface area contributed by atoms with Crippen LogP contribution in [0.15, 0.2) is 24.3 Å². The van der Waals surface area contributed by atoms with Gasteiger partial charge in [0.25, 0.3) is 0 Å². The van der Waals surface area contributed by atoms with Crippen molar-refractivity contribution < 1.29 is 14.7 Å². The fraction of sp³-hybridized carbons (Fsp3) is 0.600. The molecular weight excluding hydrogens is 330 g/mol. The molecule has 2 atom stereocenters. The molecule has 2 aliphatic rings. The van der Waals surface area contributed by atoms with Crippen LogP contribution in [0.3, 0.4) is 0 Å². The first-order valence-electron chi connectivity index (χ1n) is 9.54. The summed E-state index contributed by atoms with van der Waals surface area (Å²) in [6, 6.07) is 6.45. The fourth-order valence-electron chi connectivity index (χ4n) is 4.14. The Hall–Kier alpha value is -2.08. The van der Waals surface area contributed by atoms with Crippen molar-refractivity contribution in [2.75, 3.05) is 18.4 Å². The van der Waals surface area contributed by atoms with Crippen LogP contribution in [0.2, 0.25) is 0 Å². The summed E-state index contributed by atoms with van der Waals surface area (Å²) in [4.78, 5) is 27.2. The molecule has 4 N–H and O–H groups in total. The maximum absolute atomic E-state index is 12.9. The summed E-state index contributed by atoms with van der Waals surface area (Å²) >= 11 is 0. The summed E-state index contributed by atoms with van der Waals surface area (Å²) in [5.41, 5.74) is 6.63. The first-order chi connectivity index (χ1) is 12.4. The average molecular weight is 359 g/mol. The van der Waals surface area contributed by atoms with Gasteiger partial charge in [-0.3, -0.25) is 9.59 Å². The number of nitrogens with zero attached hydrogens (tertiary/aromatic N) is 1. The van der Waals surface area contributed by atoms with Crippen LogP contribution >= 0.6 is 0 Å². The van der Waals surface area contributed by atoms with Crippen molar-refractivity contribution in [1.82, 2.24) is 4.90 Å². The number of benzene rings is 1. The molecule has 1 saturated heterocycles. The first kappa shape index (κ1) is 18.7. The van der Waals surface area contributed by atoms with Crippen molar-refractivity contribution in [2.24, 2.45) is 17.6 Å². The van der Waals surface area contributed by atoms with E-state index in [0.29, 0.717) is 31.6 Å². The maximum atomic E-state index is 12.9. The second-order valence-electron chi connectivity index (χ2n) is 7.94. The highest BCUT2D eigenvalue weighted by Gasteiger charge is 2.40. The number of carbonyl (C=O) groups is 2. The van der Waals surface area contributed by atoms with Crippen molar-refractivity contribution in [3.63, 3.8) is 0 Å². The average Bonchev–Trinajstić information content (AvgIpc) is 2.63. The van der Waals surface area contributed by atoms with E-state index in [9.17, 15) is 14.7 Å². The number of aromatic hydroxyl groups is 1. The number of piperidine rings is 1. The van der Waals surface area contributed by atoms with Gasteiger partial charge < -0.3 is 21.1 Å². The minimum absolute atomic E-state index is 0.0240. The summed E-state index contributed by atoms with van der Waals surface area (Å²) in [6.07, 6.45) is 5.26. The van der Waals surface area contributed by atoms with E-state index in [1.165, 1.54) is 0 Å². The summed E-state index contributed by atoms with van der Waals surface area (Å²) in [5.74, 6) is 0.114. The van der Waals surface area contributed by atoms with Gasteiger partial charge in [-0.2, -0.15) is 0 Å². The number of carbonyl (C=O) groups excluding carboxylic acids is 2. The van der Waals surface area contributed by atoms with Crippen molar-refractivity contribution in [1.29, 1.82) is 0 Å². The molecule has 6 nitrogen and oxygen atoms in total. The fourth-order valence-corrected chi connectivity index (χ4v) is 4.14. The van der Waals surface area contributed by atoms with Gasteiger partial charge in [0.15, 0.2) is 0 Å². The minimum atomic E-state index is -0.414. The molecule has 3 rings (SSSR count). The summed E-state index contributed by atoms with van der Waals surface area (Å²) in [5, 5.41) is 12.2. The topological polar surface area (TPSA) is 95.7 Å². The number of rotatable bonds is 3. The lowest BCUT2D eigenvalue weighted by Gasteiger charge is -2.41. The van der Waals surface area contributed by atoms with Gasteiger partial charge in [0.05, 0.1) is 5.92 Å². The summed E-state index contributed by atoms with van der Waals surface area (Å²) in [6.45, 7) is 3.21. The number of hydrogen-bond donors (Lipinski definition) is 3. The van der Waals surface area contributed by atoms with Crippen LogP contribution < -0.4 is 11.1 Å². The van der Waals surface area contributed by atoms with Gasteiger partial charge in [-0.15, -0.1) is 0 Å². The Morgan fingerprint density at radius 2 is 1.81 bits per heavy atom. The molecule has 1 aromatic rings. The number of nitrogens with one attached hydrogen (secondary N) is 1. The molecule has 142 valence electrons. The monoisotopic (exact) mass is 359 g/mol. The van der Waals surface area contributed by atoms with Gasteiger partial charge in [-0.05, 0) is 56.9 Å². The third-order valence-electron chi connectivity index (χ3n) is 5.86. The molecule has 2 amide bonds. The SMILES string of the molecule is CC1(N)CCCCC1C(=O)N1CCC(C(=O)Nc2ccc(O)cc2)CC1. The quantitative estimate of drug-likeness (QED) is 0.723. The van der Waals surface area contributed by atoms with Crippen LogP contribution in [0.4, 0.5) is 5.69 Å². The van der Waals surface area contributed by atoms with Crippen LogP contribution in [0.1, 0.15) is 45.4 Å². The predicted octanol–water partition coefficient (Wildman–Crippen LogP) is 2.48. The second kappa shape index (κ2) is 7.66. The smallest absolute Gasteiger partial charge is 0.227 e. The third kappa shape index (κ3) is 4.18. The highest BCUT2D eigenvalue weighted by Crippen LogP contribution is 2.34. The van der Waals surface area contributed by atoms with Crippen molar-refractivity contribution >= 4 is 17.5 Å². The molecule has 0 radical (unpaired) electrons. The molecule has 1 aromatic carbocycles. The maximum Gasteiger partial charge on any atom is 0.227 e. The molecule has 0 bridgehead atoms. The minimum Gasteiger partial charge on any atom is -0.508 e. The van der Waals surface area contributed by atoms with E-state index < -0.39 is 5.54 Å².